The first-order valence-electron chi connectivity index (χ1n) is 7.46. The lowest BCUT2D eigenvalue weighted by atomic mass is 10.2. The molecule has 0 aliphatic rings. The molecule has 0 fully saturated rings. The monoisotopic (exact) mass is 285 g/mol. The Bertz CT molecular complexity index is 537. The summed E-state index contributed by atoms with van der Waals surface area (Å²) in [6, 6.07) is 16.1. The molecular formula is C18H23NO2. The minimum absolute atomic E-state index is 0.496. The first kappa shape index (κ1) is 15.4. The molecule has 0 heterocycles. The van der Waals surface area contributed by atoms with E-state index in [0.717, 1.165) is 29.9 Å². The molecule has 0 spiro atoms. The van der Waals surface area contributed by atoms with Crippen molar-refractivity contribution in [2.24, 2.45) is 5.73 Å². The zero-order valence-electron chi connectivity index (χ0n) is 12.5. The minimum atomic E-state index is 0.496. The van der Waals surface area contributed by atoms with Crippen molar-refractivity contribution in [3.63, 3.8) is 0 Å². The molecule has 0 radical (unpaired) electrons. The second-order valence-electron chi connectivity index (χ2n) is 4.86. The molecule has 0 amide bonds. The van der Waals surface area contributed by atoms with Gasteiger partial charge in [-0.25, -0.2) is 0 Å². The number of rotatable bonds is 8. The lowest BCUT2D eigenvalue weighted by Gasteiger charge is -2.11. The fourth-order valence-corrected chi connectivity index (χ4v) is 2.07. The molecule has 2 aromatic rings. The molecule has 2 aromatic carbocycles. The van der Waals surface area contributed by atoms with E-state index in [1.54, 1.807) is 0 Å². The van der Waals surface area contributed by atoms with Crippen LogP contribution < -0.4 is 15.2 Å². The van der Waals surface area contributed by atoms with E-state index in [0.29, 0.717) is 19.8 Å². The second-order valence-corrected chi connectivity index (χ2v) is 4.86. The lowest BCUT2D eigenvalue weighted by Crippen LogP contribution is -2.07. The van der Waals surface area contributed by atoms with Crippen molar-refractivity contribution in [3.8, 4) is 11.5 Å². The van der Waals surface area contributed by atoms with Crippen LogP contribution in [-0.4, -0.2) is 13.2 Å². The summed E-state index contributed by atoms with van der Waals surface area (Å²) in [6.45, 7) is 3.92. The molecule has 2 rings (SSSR count). The predicted molar refractivity (Wildman–Crippen MR) is 85.8 cm³/mol. The van der Waals surface area contributed by atoms with Crippen LogP contribution in [0.15, 0.2) is 48.5 Å². The Morgan fingerprint density at radius 1 is 0.905 bits per heavy atom. The number of hydrogen-bond acceptors (Lipinski definition) is 3. The van der Waals surface area contributed by atoms with Gasteiger partial charge < -0.3 is 15.2 Å². The van der Waals surface area contributed by atoms with Gasteiger partial charge in [-0.3, -0.25) is 0 Å². The highest BCUT2D eigenvalue weighted by Gasteiger charge is 2.00. The molecule has 0 unspecified atom stereocenters. The molecule has 0 saturated heterocycles. The van der Waals surface area contributed by atoms with Crippen LogP contribution in [0, 0.1) is 0 Å². The van der Waals surface area contributed by atoms with E-state index in [2.05, 4.69) is 19.1 Å². The molecule has 2 N–H and O–H groups in total. The number of nitrogens with two attached hydrogens (primary N) is 1. The summed E-state index contributed by atoms with van der Waals surface area (Å²) in [5.41, 5.74) is 8.03. The third-order valence-electron chi connectivity index (χ3n) is 3.34. The van der Waals surface area contributed by atoms with Crippen LogP contribution in [0.4, 0.5) is 0 Å². The van der Waals surface area contributed by atoms with Gasteiger partial charge in [-0.15, -0.1) is 0 Å². The van der Waals surface area contributed by atoms with E-state index in [4.69, 9.17) is 15.2 Å². The van der Waals surface area contributed by atoms with Gasteiger partial charge in [0.2, 0.25) is 0 Å². The van der Waals surface area contributed by atoms with E-state index in [1.165, 1.54) is 5.56 Å². The molecule has 21 heavy (non-hydrogen) atoms. The zero-order valence-corrected chi connectivity index (χ0v) is 12.5. The van der Waals surface area contributed by atoms with Crippen LogP contribution >= 0.6 is 0 Å². The lowest BCUT2D eigenvalue weighted by molar-refractivity contribution is 0.246. The number of aryl methyl sites for hydroxylation is 1. The van der Waals surface area contributed by atoms with Crippen molar-refractivity contribution in [1.29, 1.82) is 0 Å². The molecule has 0 aliphatic heterocycles. The Kier molecular flexibility index (Phi) is 6.10. The Hall–Kier alpha value is -2.00. The van der Waals surface area contributed by atoms with Gasteiger partial charge in [0.1, 0.15) is 11.5 Å². The minimum Gasteiger partial charge on any atom is -0.493 e. The Morgan fingerprint density at radius 3 is 2.33 bits per heavy atom. The van der Waals surface area contributed by atoms with Crippen LogP contribution in [0.1, 0.15) is 24.5 Å². The largest absolute Gasteiger partial charge is 0.493 e. The Balaban J connectivity index is 1.70. The first-order chi connectivity index (χ1) is 10.3. The molecular weight excluding hydrogens is 262 g/mol. The average molecular weight is 285 g/mol. The van der Waals surface area contributed by atoms with E-state index < -0.39 is 0 Å². The van der Waals surface area contributed by atoms with Crippen LogP contribution in [0.2, 0.25) is 0 Å². The van der Waals surface area contributed by atoms with Gasteiger partial charge in [-0.05, 0) is 30.2 Å². The maximum absolute atomic E-state index is 5.74. The highest BCUT2D eigenvalue weighted by molar-refractivity contribution is 5.33. The molecule has 0 aromatic heterocycles. The van der Waals surface area contributed by atoms with Crippen molar-refractivity contribution >= 4 is 0 Å². The standard InChI is InChI=1S/C18H23NO2/c1-2-15-8-10-17(11-9-15)20-12-5-13-21-18-7-4-3-6-16(18)14-19/h3-4,6-11H,2,5,12-14,19H2,1H3. The molecule has 3 nitrogen and oxygen atoms in total. The predicted octanol–water partition coefficient (Wildman–Crippen LogP) is 3.56. The average Bonchev–Trinajstić information content (AvgIpc) is 2.55. The number of benzene rings is 2. The third kappa shape index (κ3) is 4.80. The molecule has 0 saturated carbocycles. The maximum Gasteiger partial charge on any atom is 0.123 e. The van der Waals surface area contributed by atoms with Crippen molar-refractivity contribution in [2.75, 3.05) is 13.2 Å². The van der Waals surface area contributed by atoms with Crippen molar-refractivity contribution < 1.29 is 9.47 Å². The summed E-state index contributed by atoms with van der Waals surface area (Å²) in [6.07, 6.45) is 1.89. The van der Waals surface area contributed by atoms with Gasteiger partial charge in [-0.2, -0.15) is 0 Å². The summed E-state index contributed by atoms with van der Waals surface area (Å²) in [7, 11) is 0. The van der Waals surface area contributed by atoms with Crippen LogP contribution in [-0.2, 0) is 13.0 Å². The summed E-state index contributed by atoms with van der Waals surface area (Å²) in [5.74, 6) is 1.78. The second kappa shape index (κ2) is 8.32. The zero-order chi connectivity index (χ0) is 14.9. The third-order valence-corrected chi connectivity index (χ3v) is 3.34. The van der Waals surface area contributed by atoms with Crippen molar-refractivity contribution in [2.45, 2.75) is 26.3 Å². The fourth-order valence-electron chi connectivity index (χ4n) is 2.07. The Morgan fingerprint density at radius 2 is 1.62 bits per heavy atom. The normalized spacial score (nSPS) is 10.4. The van der Waals surface area contributed by atoms with Crippen LogP contribution in [0.5, 0.6) is 11.5 Å². The summed E-state index contributed by atoms with van der Waals surface area (Å²) >= 11 is 0. The Labute approximate surface area is 126 Å². The quantitative estimate of drug-likeness (QED) is 0.754. The number of hydrogen-bond donors (Lipinski definition) is 1. The fraction of sp³-hybridized carbons (Fsp3) is 0.333. The molecule has 0 aliphatic carbocycles. The SMILES string of the molecule is CCc1ccc(OCCCOc2ccccc2CN)cc1. The van der Waals surface area contributed by atoms with Crippen LogP contribution in [0.3, 0.4) is 0 Å². The van der Waals surface area contributed by atoms with Crippen molar-refractivity contribution in [3.05, 3.63) is 59.7 Å². The van der Waals surface area contributed by atoms with Gasteiger partial charge >= 0.3 is 0 Å². The first-order valence-corrected chi connectivity index (χ1v) is 7.46. The molecule has 112 valence electrons. The van der Waals surface area contributed by atoms with Gasteiger partial charge in [0.05, 0.1) is 13.2 Å². The van der Waals surface area contributed by atoms with E-state index >= 15 is 0 Å². The summed E-state index contributed by atoms with van der Waals surface area (Å²) in [4.78, 5) is 0. The number of ether oxygens (including phenoxy) is 2. The molecule has 0 atom stereocenters. The van der Waals surface area contributed by atoms with E-state index in [9.17, 15) is 0 Å². The molecule has 3 heteroatoms. The van der Waals surface area contributed by atoms with Gasteiger partial charge in [0.15, 0.2) is 0 Å². The van der Waals surface area contributed by atoms with Crippen molar-refractivity contribution in [1.82, 2.24) is 0 Å². The highest BCUT2D eigenvalue weighted by atomic mass is 16.5. The maximum atomic E-state index is 5.74. The topological polar surface area (TPSA) is 44.5 Å². The van der Waals surface area contributed by atoms with Crippen LogP contribution in [0.25, 0.3) is 0 Å². The van der Waals surface area contributed by atoms with E-state index in [1.807, 2.05) is 36.4 Å². The van der Waals surface area contributed by atoms with Gasteiger partial charge in [0.25, 0.3) is 0 Å². The summed E-state index contributed by atoms with van der Waals surface area (Å²) in [5, 5.41) is 0. The summed E-state index contributed by atoms with van der Waals surface area (Å²) < 4.78 is 11.4. The smallest absolute Gasteiger partial charge is 0.123 e. The highest BCUT2D eigenvalue weighted by Crippen LogP contribution is 2.17. The van der Waals surface area contributed by atoms with Gasteiger partial charge in [-0.1, -0.05) is 37.3 Å². The van der Waals surface area contributed by atoms with E-state index in [-0.39, 0.29) is 0 Å². The molecule has 0 bridgehead atoms. The van der Waals surface area contributed by atoms with Gasteiger partial charge in [0, 0.05) is 18.5 Å². The number of para-hydroxylation sites is 1.